The topological polar surface area (TPSA) is 46.9 Å². The molecule has 0 saturated heterocycles. The number of hydrogen-bond donors (Lipinski definition) is 1. The number of aromatic nitrogens is 2. The first-order chi connectivity index (χ1) is 11.2. The van der Waals surface area contributed by atoms with Crippen molar-refractivity contribution in [3.8, 4) is 5.69 Å². The Hall–Kier alpha value is -2.88. The molecule has 1 heterocycles. The number of amides is 1. The van der Waals surface area contributed by atoms with E-state index in [0.29, 0.717) is 13.0 Å². The van der Waals surface area contributed by atoms with E-state index in [2.05, 4.69) is 10.3 Å². The lowest BCUT2D eigenvalue weighted by Gasteiger charge is -2.08. The number of carbonyl (C=O) groups is 1. The molecular weight excluding hydrogens is 286 g/mol. The highest BCUT2D eigenvalue weighted by Gasteiger charge is 2.04. The highest BCUT2D eigenvalue weighted by atomic mass is 16.1. The van der Waals surface area contributed by atoms with Crippen molar-refractivity contribution in [1.82, 2.24) is 14.9 Å². The fraction of sp³-hybridized carbons (Fsp3) is 0.158. The molecule has 2 aromatic carbocycles. The van der Waals surface area contributed by atoms with Crippen LogP contribution < -0.4 is 5.32 Å². The van der Waals surface area contributed by atoms with Gasteiger partial charge in [-0.15, -0.1) is 0 Å². The lowest BCUT2D eigenvalue weighted by atomic mass is 10.1. The quantitative estimate of drug-likeness (QED) is 0.787. The number of aryl methyl sites for hydroxylation is 1. The Bertz CT molecular complexity index is 776. The molecule has 23 heavy (non-hydrogen) atoms. The summed E-state index contributed by atoms with van der Waals surface area (Å²) in [5.41, 5.74) is 3.17. The smallest absolute Gasteiger partial charge is 0.224 e. The van der Waals surface area contributed by atoms with E-state index in [1.54, 1.807) is 6.20 Å². The van der Waals surface area contributed by atoms with E-state index in [1.807, 2.05) is 72.3 Å². The van der Waals surface area contributed by atoms with Crippen molar-refractivity contribution in [2.75, 3.05) is 0 Å². The molecule has 0 bridgehead atoms. The van der Waals surface area contributed by atoms with Gasteiger partial charge in [-0.3, -0.25) is 4.79 Å². The number of hydrogen-bond acceptors (Lipinski definition) is 2. The second kappa shape index (κ2) is 6.92. The third-order valence-electron chi connectivity index (χ3n) is 3.74. The van der Waals surface area contributed by atoms with Crippen LogP contribution in [0.5, 0.6) is 0 Å². The zero-order valence-electron chi connectivity index (χ0n) is 13.1. The molecule has 1 N–H and O–H groups in total. The third-order valence-corrected chi connectivity index (χ3v) is 3.74. The van der Waals surface area contributed by atoms with Crippen LogP contribution in [0.4, 0.5) is 0 Å². The van der Waals surface area contributed by atoms with Gasteiger partial charge in [-0.1, -0.05) is 42.5 Å². The van der Waals surface area contributed by atoms with E-state index >= 15 is 0 Å². The minimum absolute atomic E-state index is 0.0331. The van der Waals surface area contributed by atoms with E-state index in [1.165, 1.54) is 0 Å². The fourth-order valence-corrected chi connectivity index (χ4v) is 2.47. The van der Waals surface area contributed by atoms with Crippen LogP contribution in [-0.4, -0.2) is 15.5 Å². The maximum Gasteiger partial charge on any atom is 0.224 e. The number of imidazole rings is 1. The van der Waals surface area contributed by atoms with Crippen molar-refractivity contribution >= 4 is 5.91 Å². The van der Waals surface area contributed by atoms with E-state index in [-0.39, 0.29) is 5.91 Å². The molecule has 0 saturated carbocycles. The van der Waals surface area contributed by atoms with E-state index < -0.39 is 0 Å². The zero-order valence-corrected chi connectivity index (χ0v) is 13.1. The molecule has 0 aliphatic rings. The van der Waals surface area contributed by atoms with Crippen molar-refractivity contribution in [3.63, 3.8) is 0 Å². The first kappa shape index (κ1) is 15.0. The van der Waals surface area contributed by atoms with Crippen LogP contribution in [0.25, 0.3) is 5.69 Å². The first-order valence-electron chi connectivity index (χ1n) is 7.62. The average Bonchev–Trinajstić information content (AvgIpc) is 3.00. The second-order valence-electron chi connectivity index (χ2n) is 5.45. The van der Waals surface area contributed by atoms with Gasteiger partial charge in [-0.25, -0.2) is 4.98 Å². The Morgan fingerprint density at radius 2 is 1.78 bits per heavy atom. The van der Waals surface area contributed by atoms with Crippen LogP contribution in [0.2, 0.25) is 0 Å². The van der Waals surface area contributed by atoms with Gasteiger partial charge in [0.25, 0.3) is 0 Å². The summed E-state index contributed by atoms with van der Waals surface area (Å²) in [6.07, 6.45) is 4.13. The maximum absolute atomic E-state index is 12.0. The Kier molecular flexibility index (Phi) is 4.52. The van der Waals surface area contributed by atoms with E-state index in [9.17, 15) is 4.79 Å². The van der Waals surface area contributed by atoms with Gasteiger partial charge < -0.3 is 9.88 Å². The third kappa shape index (κ3) is 3.86. The Morgan fingerprint density at radius 3 is 2.43 bits per heavy atom. The lowest BCUT2D eigenvalue weighted by Crippen LogP contribution is -2.24. The average molecular weight is 305 g/mol. The Balaban J connectivity index is 1.56. The van der Waals surface area contributed by atoms with Crippen LogP contribution in [0.3, 0.4) is 0 Å². The summed E-state index contributed by atoms with van der Waals surface area (Å²) < 4.78 is 2.03. The first-order valence-corrected chi connectivity index (χ1v) is 7.62. The van der Waals surface area contributed by atoms with Crippen LogP contribution in [-0.2, 0) is 17.8 Å². The molecule has 0 aliphatic carbocycles. The van der Waals surface area contributed by atoms with Crippen molar-refractivity contribution in [3.05, 3.63) is 83.9 Å². The number of benzene rings is 2. The number of rotatable bonds is 5. The highest BCUT2D eigenvalue weighted by Crippen LogP contribution is 2.11. The fourth-order valence-electron chi connectivity index (χ4n) is 2.47. The highest BCUT2D eigenvalue weighted by molar-refractivity contribution is 5.78. The van der Waals surface area contributed by atoms with Gasteiger partial charge in [0.15, 0.2) is 0 Å². The summed E-state index contributed by atoms with van der Waals surface area (Å²) in [6, 6.07) is 17.9. The Labute approximate surface area is 135 Å². The minimum Gasteiger partial charge on any atom is -0.352 e. The van der Waals surface area contributed by atoms with Crippen LogP contribution in [0.1, 0.15) is 17.0 Å². The largest absolute Gasteiger partial charge is 0.352 e. The van der Waals surface area contributed by atoms with Crippen LogP contribution in [0.15, 0.2) is 67.0 Å². The molecule has 0 radical (unpaired) electrons. The van der Waals surface area contributed by atoms with E-state index in [0.717, 1.165) is 22.6 Å². The Morgan fingerprint density at radius 1 is 1.04 bits per heavy atom. The molecule has 0 unspecified atom stereocenters. The van der Waals surface area contributed by atoms with Crippen LogP contribution >= 0.6 is 0 Å². The summed E-state index contributed by atoms with van der Waals surface area (Å²) in [4.78, 5) is 16.2. The summed E-state index contributed by atoms with van der Waals surface area (Å²) >= 11 is 0. The van der Waals surface area contributed by atoms with Gasteiger partial charge >= 0.3 is 0 Å². The summed E-state index contributed by atoms with van der Waals surface area (Å²) in [5.74, 6) is 0.986. The minimum atomic E-state index is 0.0331. The molecule has 1 amide bonds. The normalized spacial score (nSPS) is 10.5. The SMILES string of the molecule is Cc1nccn1-c1ccc(CNC(=O)Cc2ccccc2)cc1. The summed E-state index contributed by atoms with van der Waals surface area (Å²) in [6.45, 7) is 2.51. The summed E-state index contributed by atoms with van der Waals surface area (Å²) in [7, 11) is 0. The molecule has 116 valence electrons. The molecule has 0 atom stereocenters. The van der Waals surface area contributed by atoms with Gasteiger partial charge in [0, 0.05) is 24.6 Å². The van der Waals surface area contributed by atoms with Crippen LogP contribution in [0, 0.1) is 6.92 Å². The standard InChI is InChI=1S/C19H19N3O/c1-15-20-11-12-22(15)18-9-7-17(8-10-18)14-21-19(23)13-16-5-3-2-4-6-16/h2-12H,13-14H2,1H3,(H,21,23). The van der Waals surface area contributed by atoms with Crippen molar-refractivity contribution in [1.29, 1.82) is 0 Å². The number of carbonyl (C=O) groups excluding carboxylic acids is 1. The monoisotopic (exact) mass is 305 g/mol. The molecule has 3 aromatic rings. The lowest BCUT2D eigenvalue weighted by molar-refractivity contribution is -0.120. The zero-order chi connectivity index (χ0) is 16.1. The van der Waals surface area contributed by atoms with Crippen molar-refractivity contribution < 1.29 is 4.79 Å². The second-order valence-corrected chi connectivity index (χ2v) is 5.45. The number of nitrogens with zero attached hydrogens (tertiary/aromatic N) is 2. The molecule has 0 aliphatic heterocycles. The van der Waals surface area contributed by atoms with Crippen molar-refractivity contribution in [2.24, 2.45) is 0 Å². The molecular formula is C19H19N3O. The molecule has 4 nitrogen and oxygen atoms in total. The van der Waals surface area contributed by atoms with Gasteiger partial charge in [0.2, 0.25) is 5.91 Å². The predicted octanol–water partition coefficient (Wildman–Crippen LogP) is 3.04. The molecule has 1 aromatic heterocycles. The van der Waals surface area contributed by atoms with Gasteiger partial charge in [-0.2, -0.15) is 0 Å². The van der Waals surface area contributed by atoms with Gasteiger partial charge in [0.05, 0.1) is 6.42 Å². The van der Waals surface area contributed by atoms with Gasteiger partial charge in [0.1, 0.15) is 5.82 Å². The predicted molar refractivity (Wildman–Crippen MR) is 90.3 cm³/mol. The number of nitrogens with one attached hydrogen (secondary N) is 1. The van der Waals surface area contributed by atoms with Gasteiger partial charge in [-0.05, 0) is 30.2 Å². The molecule has 3 rings (SSSR count). The van der Waals surface area contributed by atoms with Crippen molar-refractivity contribution in [2.45, 2.75) is 19.9 Å². The van der Waals surface area contributed by atoms with E-state index in [4.69, 9.17) is 0 Å². The molecule has 0 fully saturated rings. The molecule has 0 spiro atoms. The molecule has 4 heteroatoms. The maximum atomic E-state index is 12.0. The summed E-state index contributed by atoms with van der Waals surface area (Å²) in [5, 5.41) is 2.95.